The van der Waals surface area contributed by atoms with Crippen molar-refractivity contribution < 1.29 is 19.1 Å². The van der Waals surface area contributed by atoms with Gasteiger partial charge in [-0.3, -0.25) is 9.59 Å². The summed E-state index contributed by atoms with van der Waals surface area (Å²) in [6.07, 6.45) is 2.86. The first-order chi connectivity index (χ1) is 13.9. The number of fused-ring (bicyclic) bond motifs is 3. The fourth-order valence-electron chi connectivity index (χ4n) is 4.42. The van der Waals surface area contributed by atoms with Crippen LogP contribution in [0.1, 0.15) is 45.2 Å². The molecule has 0 radical (unpaired) electrons. The Hall–Kier alpha value is -2.94. The molecule has 1 aromatic heterocycles. The van der Waals surface area contributed by atoms with E-state index in [1.165, 1.54) is 6.20 Å². The highest BCUT2D eigenvalue weighted by molar-refractivity contribution is 6.10. The fraction of sp³-hybridized carbons (Fsp3) is 0.450. The standard InChI is InChI=1S/C20H21FN4O4/c1-23-4-6-24(7-5-23)16-14-11(8-22-19(14)27)13-17(15(16)21)25(10-2-3-10)9-12(18(13)26)20(28)29/h9-10H,2-8H2,1H3,(H,22,27)(H,28,29). The van der Waals surface area contributed by atoms with Crippen molar-refractivity contribution in [2.45, 2.75) is 25.4 Å². The Bertz CT molecular complexity index is 1130. The number of carboxylic acid groups (broad SMARTS) is 1. The van der Waals surface area contributed by atoms with Crippen LogP contribution in [0, 0.1) is 5.82 Å². The van der Waals surface area contributed by atoms with Crippen molar-refractivity contribution in [3.63, 3.8) is 0 Å². The minimum atomic E-state index is -1.35. The summed E-state index contributed by atoms with van der Waals surface area (Å²) in [5, 5.41) is 12.2. The van der Waals surface area contributed by atoms with Gasteiger partial charge in [-0.25, -0.2) is 9.18 Å². The number of anilines is 1. The van der Waals surface area contributed by atoms with Gasteiger partial charge in [-0.05, 0) is 25.5 Å². The summed E-state index contributed by atoms with van der Waals surface area (Å²) < 4.78 is 17.6. The molecule has 1 saturated carbocycles. The molecule has 1 aliphatic carbocycles. The largest absolute Gasteiger partial charge is 0.477 e. The summed E-state index contributed by atoms with van der Waals surface area (Å²) in [6, 6.07) is -0.0332. The van der Waals surface area contributed by atoms with Crippen molar-refractivity contribution in [1.29, 1.82) is 0 Å². The smallest absolute Gasteiger partial charge is 0.341 e. The number of carbonyl (C=O) groups is 2. The van der Waals surface area contributed by atoms with Gasteiger partial charge >= 0.3 is 5.97 Å². The van der Waals surface area contributed by atoms with Crippen molar-refractivity contribution in [2.24, 2.45) is 0 Å². The Balaban J connectivity index is 1.87. The van der Waals surface area contributed by atoms with E-state index in [0.29, 0.717) is 18.7 Å². The number of nitrogens with zero attached hydrogens (tertiary/aromatic N) is 3. The third-order valence-electron chi connectivity index (χ3n) is 6.13. The van der Waals surface area contributed by atoms with E-state index >= 15 is 4.39 Å². The van der Waals surface area contributed by atoms with Crippen molar-refractivity contribution >= 4 is 28.5 Å². The van der Waals surface area contributed by atoms with E-state index in [4.69, 9.17) is 0 Å². The number of halogens is 1. The third-order valence-corrected chi connectivity index (χ3v) is 6.13. The zero-order chi connectivity index (χ0) is 20.4. The molecule has 0 bridgehead atoms. The zero-order valence-electron chi connectivity index (χ0n) is 16.0. The number of benzene rings is 1. The van der Waals surface area contributed by atoms with Crippen LogP contribution in [-0.4, -0.2) is 59.7 Å². The van der Waals surface area contributed by atoms with Crippen molar-refractivity contribution in [1.82, 2.24) is 14.8 Å². The summed E-state index contributed by atoms with van der Waals surface area (Å²) in [6.45, 7) is 2.70. The molecule has 3 aliphatic rings. The number of hydrogen-bond donors (Lipinski definition) is 2. The van der Waals surface area contributed by atoms with E-state index in [9.17, 15) is 19.5 Å². The monoisotopic (exact) mass is 400 g/mol. The first-order valence-corrected chi connectivity index (χ1v) is 9.76. The molecule has 2 aliphatic heterocycles. The third kappa shape index (κ3) is 2.64. The van der Waals surface area contributed by atoms with Gasteiger partial charge in [0.1, 0.15) is 5.56 Å². The zero-order valence-corrected chi connectivity index (χ0v) is 16.0. The van der Waals surface area contributed by atoms with Crippen LogP contribution in [0.3, 0.4) is 0 Å². The molecule has 29 heavy (non-hydrogen) atoms. The van der Waals surface area contributed by atoms with Gasteiger partial charge in [0.05, 0.1) is 22.2 Å². The SMILES string of the molecule is CN1CCN(c2c3c(c4c(=O)c(C(=O)O)cn(C5CC5)c4c2F)CNC3=O)CC1. The van der Waals surface area contributed by atoms with Crippen molar-refractivity contribution in [3.05, 3.63) is 38.9 Å². The minimum absolute atomic E-state index is 0.0144. The van der Waals surface area contributed by atoms with Crippen LogP contribution in [0.5, 0.6) is 0 Å². The second-order valence-corrected chi connectivity index (χ2v) is 8.03. The van der Waals surface area contributed by atoms with Gasteiger partial charge in [-0.1, -0.05) is 0 Å². The lowest BCUT2D eigenvalue weighted by Gasteiger charge is -2.35. The molecule has 1 aromatic carbocycles. The normalized spacial score (nSPS) is 19.5. The highest BCUT2D eigenvalue weighted by Gasteiger charge is 2.37. The quantitative estimate of drug-likeness (QED) is 0.803. The number of pyridine rings is 1. The van der Waals surface area contributed by atoms with Gasteiger partial charge in [0, 0.05) is 45.0 Å². The fourth-order valence-corrected chi connectivity index (χ4v) is 4.42. The van der Waals surface area contributed by atoms with Gasteiger partial charge in [-0.15, -0.1) is 0 Å². The summed E-state index contributed by atoms with van der Waals surface area (Å²) in [5.41, 5.74) is -0.206. The van der Waals surface area contributed by atoms with E-state index in [0.717, 1.165) is 25.9 Å². The minimum Gasteiger partial charge on any atom is -0.477 e. The highest BCUT2D eigenvalue weighted by atomic mass is 19.1. The van der Waals surface area contributed by atoms with E-state index in [-0.39, 0.29) is 34.7 Å². The summed E-state index contributed by atoms with van der Waals surface area (Å²) in [5.74, 6) is -2.38. The number of carboxylic acids is 1. The molecule has 0 atom stereocenters. The van der Waals surface area contributed by atoms with E-state index in [1.54, 1.807) is 4.57 Å². The number of hydrogen-bond acceptors (Lipinski definition) is 5. The van der Waals surface area contributed by atoms with E-state index < -0.39 is 28.7 Å². The predicted octanol–water partition coefficient (Wildman–Crippen LogP) is 1.17. The predicted molar refractivity (Wildman–Crippen MR) is 104 cm³/mol. The van der Waals surface area contributed by atoms with Gasteiger partial charge in [0.15, 0.2) is 5.82 Å². The molecule has 0 unspecified atom stereocenters. The van der Waals surface area contributed by atoms with E-state index in [2.05, 4.69) is 10.2 Å². The number of carbonyl (C=O) groups excluding carboxylic acids is 1. The molecule has 8 nitrogen and oxygen atoms in total. The molecule has 2 aromatic rings. The lowest BCUT2D eigenvalue weighted by molar-refractivity contribution is 0.0694. The maximum atomic E-state index is 16.0. The molecule has 5 rings (SSSR count). The Morgan fingerprint density at radius 2 is 1.90 bits per heavy atom. The van der Waals surface area contributed by atoms with Crippen LogP contribution in [0.25, 0.3) is 10.9 Å². The number of nitrogens with one attached hydrogen (secondary N) is 1. The van der Waals surface area contributed by atoms with Crippen LogP contribution >= 0.6 is 0 Å². The number of rotatable bonds is 3. The molecule has 1 amide bonds. The second kappa shape index (κ2) is 6.28. The van der Waals surface area contributed by atoms with Crippen molar-refractivity contribution in [2.75, 3.05) is 38.1 Å². The number of piperazine rings is 1. The first-order valence-electron chi connectivity index (χ1n) is 9.76. The Kier molecular flexibility index (Phi) is 3.92. The molecular weight excluding hydrogens is 379 g/mol. The van der Waals surface area contributed by atoms with Gasteiger partial charge < -0.3 is 24.8 Å². The Morgan fingerprint density at radius 1 is 1.21 bits per heavy atom. The van der Waals surface area contributed by atoms with Crippen LogP contribution in [0.4, 0.5) is 10.1 Å². The summed E-state index contributed by atoms with van der Waals surface area (Å²) in [4.78, 5) is 41.3. The summed E-state index contributed by atoms with van der Waals surface area (Å²) in [7, 11) is 1.99. The van der Waals surface area contributed by atoms with Gasteiger partial charge in [-0.2, -0.15) is 0 Å². The number of amides is 1. The van der Waals surface area contributed by atoms with Crippen LogP contribution in [0.2, 0.25) is 0 Å². The molecule has 2 N–H and O–H groups in total. The molecule has 9 heteroatoms. The molecule has 0 spiro atoms. The maximum absolute atomic E-state index is 16.0. The highest BCUT2D eigenvalue weighted by Crippen LogP contribution is 2.42. The lowest BCUT2D eigenvalue weighted by atomic mass is 9.97. The van der Waals surface area contributed by atoms with Gasteiger partial charge in [0.2, 0.25) is 5.43 Å². The molecule has 1 saturated heterocycles. The summed E-state index contributed by atoms with van der Waals surface area (Å²) >= 11 is 0. The van der Waals surface area contributed by atoms with Crippen LogP contribution in [-0.2, 0) is 6.54 Å². The number of aromatic nitrogens is 1. The molecule has 3 heterocycles. The van der Waals surface area contributed by atoms with Gasteiger partial charge in [0.25, 0.3) is 5.91 Å². The van der Waals surface area contributed by atoms with E-state index in [1.807, 2.05) is 11.9 Å². The second-order valence-electron chi connectivity index (χ2n) is 8.03. The molecular formula is C20H21FN4O4. The topological polar surface area (TPSA) is 94.9 Å². The maximum Gasteiger partial charge on any atom is 0.341 e. The Labute approximate surface area is 165 Å². The number of likely N-dealkylation sites (N-methyl/N-ethyl adjacent to an activating group) is 1. The Morgan fingerprint density at radius 3 is 2.52 bits per heavy atom. The first kappa shape index (κ1) is 18.1. The number of aromatic carboxylic acids is 1. The average Bonchev–Trinajstić information content (AvgIpc) is 3.46. The lowest BCUT2D eigenvalue weighted by Crippen LogP contribution is -2.45. The van der Waals surface area contributed by atoms with Crippen LogP contribution in [0.15, 0.2) is 11.0 Å². The molecule has 152 valence electrons. The molecule has 2 fully saturated rings. The van der Waals surface area contributed by atoms with Crippen molar-refractivity contribution in [3.8, 4) is 0 Å². The van der Waals surface area contributed by atoms with Crippen LogP contribution < -0.4 is 15.6 Å². The average molecular weight is 400 g/mol.